The number of halogens is 3. The van der Waals surface area contributed by atoms with E-state index in [-0.39, 0.29) is 11.3 Å². The number of fused-ring (bicyclic) bond motifs is 1. The van der Waals surface area contributed by atoms with Gasteiger partial charge in [-0.15, -0.1) is 0 Å². The fourth-order valence-electron chi connectivity index (χ4n) is 5.75. The van der Waals surface area contributed by atoms with Crippen molar-refractivity contribution in [1.29, 1.82) is 0 Å². The Morgan fingerprint density at radius 2 is 1.56 bits per heavy atom. The van der Waals surface area contributed by atoms with Crippen LogP contribution in [0.3, 0.4) is 0 Å². The maximum atomic E-state index is 12.8. The van der Waals surface area contributed by atoms with Crippen LogP contribution in [0.15, 0.2) is 48.8 Å². The van der Waals surface area contributed by atoms with Gasteiger partial charge in [0.05, 0.1) is 17.7 Å². The Bertz CT molecular complexity index is 1390. The van der Waals surface area contributed by atoms with Gasteiger partial charge in [-0.05, 0) is 86.5 Å². The predicted molar refractivity (Wildman–Crippen MR) is 147 cm³/mol. The zero-order valence-electron chi connectivity index (χ0n) is 22.0. The zero-order valence-corrected chi connectivity index (χ0v) is 22.9. The topological polar surface area (TPSA) is 78.4 Å². The van der Waals surface area contributed by atoms with Crippen LogP contribution in [0.4, 0.5) is 24.7 Å². The number of nitrogens with zero attached hydrogens (tertiary/aromatic N) is 4. The molecule has 0 aliphatic carbocycles. The van der Waals surface area contributed by atoms with E-state index < -0.39 is 22.6 Å². The molecular formula is C28H34F3N5O2S. The summed E-state index contributed by atoms with van der Waals surface area (Å²) in [6, 6.07) is 12.4. The minimum Gasteiger partial charge on any atom is -0.356 e. The lowest BCUT2D eigenvalue weighted by molar-refractivity contribution is -0.127. The van der Waals surface area contributed by atoms with Gasteiger partial charge in [0.1, 0.15) is 12.1 Å². The highest BCUT2D eigenvalue weighted by atomic mass is 32.2. The lowest BCUT2D eigenvalue weighted by atomic mass is 9.71. The molecule has 1 aromatic heterocycles. The first-order chi connectivity index (χ1) is 18.5. The minimum atomic E-state index is -4.25. The maximum absolute atomic E-state index is 12.8. The first-order valence-electron chi connectivity index (χ1n) is 13.4. The average Bonchev–Trinajstić information content (AvgIpc) is 2.90. The molecule has 2 fully saturated rings. The lowest BCUT2D eigenvalue weighted by Gasteiger charge is -2.47. The van der Waals surface area contributed by atoms with E-state index in [0.717, 1.165) is 75.2 Å². The third-order valence-electron chi connectivity index (χ3n) is 8.14. The quantitative estimate of drug-likeness (QED) is 0.418. The molecule has 7 nitrogen and oxygen atoms in total. The van der Waals surface area contributed by atoms with Crippen molar-refractivity contribution in [2.24, 2.45) is 5.41 Å². The maximum Gasteiger partial charge on any atom is 0.393 e. The molecule has 210 valence electrons. The molecule has 3 heterocycles. The van der Waals surface area contributed by atoms with E-state index in [1.807, 2.05) is 24.3 Å². The summed E-state index contributed by atoms with van der Waals surface area (Å²) in [6.45, 7) is 6.22. The number of alkyl halides is 3. The molecule has 0 atom stereocenters. The van der Waals surface area contributed by atoms with Gasteiger partial charge in [-0.1, -0.05) is 18.2 Å². The van der Waals surface area contributed by atoms with Crippen LogP contribution in [0.2, 0.25) is 0 Å². The Labute approximate surface area is 227 Å². The van der Waals surface area contributed by atoms with E-state index in [1.54, 1.807) is 13.0 Å². The number of anilines is 2. The molecule has 39 heavy (non-hydrogen) atoms. The summed E-state index contributed by atoms with van der Waals surface area (Å²) >= 11 is 0. The third kappa shape index (κ3) is 6.81. The summed E-state index contributed by atoms with van der Waals surface area (Å²) in [5.41, 5.74) is 2.81. The van der Waals surface area contributed by atoms with Crippen molar-refractivity contribution in [2.75, 3.05) is 41.6 Å². The Hall–Kier alpha value is -2.92. The van der Waals surface area contributed by atoms with Crippen molar-refractivity contribution >= 4 is 32.4 Å². The third-order valence-corrected chi connectivity index (χ3v) is 9.45. The lowest BCUT2D eigenvalue weighted by Crippen LogP contribution is -2.46. The van der Waals surface area contributed by atoms with Crippen molar-refractivity contribution < 1.29 is 21.6 Å². The molecule has 0 amide bonds. The van der Waals surface area contributed by atoms with Crippen LogP contribution in [0.5, 0.6) is 0 Å². The number of aromatic nitrogens is 2. The summed E-state index contributed by atoms with van der Waals surface area (Å²) in [5.74, 6) is 0.847. The number of sulfonamides is 1. The van der Waals surface area contributed by atoms with Gasteiger partial charge >= 0.3 is 6.18 Å². The molecule has 5 rings (SSSR count). The standard InChI is InChI=1S/C28H34F3N5O2S/c1-2-39(37,38)34-23-6-3-21(4-7-23)19-35-13-9-27(10-14-35)11-15-36(16-12-27)26-24-8-5-22(18-28(29,30)31)17-25(24)32-20-33-26/h3-8,17,20,34H,2,9-16,18-19H2,1H3. The van der Waals surface area contributed by atoms with Crippen LogP contribution in [0, 0.1) is 5.41 Å². The Morgan fingerprint density at radius 3 is 2.21 bits per heavy atom. The van der Waals surface area contributed by atoms with Crippen LogP contribution in [-0.2, 0) is 23.0 Å². The zero-order chi connectivity index (χ0) is 27.7. The van der Waals surface area contributed by atoms with E-state index in [0.29, 0.717) is 16.6 Å². The first-order valence-corrected chi connectivity index (χ1v) is 15.1. The second kappa shape index (κ2) is 10.9. The summed E-state index contributed by atoms with van der Waals surface area (Å²) < 4.78 is 64.6. The molecule has 3 aromatic rings. The number of likely N-dealkylation sites (tertiary alicyclic amines) is 1. The molecule has 0 unspecified atom stereocenters. The average molecular weight is 562 g/mol. The van der Waals surface area contributed by atoms with Gasteiger partial charge in [-0.25, -0.2) is 18.4 Å². The highest BCUT2D eigenvalue weighted by Gasteiger charge is 2.38. The van der Waals surface area contributed by atoms with Crippen LogP contribution >= 0.6 is 0 Å². The fourth-order valence-corrected chi connectivity index (χ4v) is 6.39. The summed E-state index contributed by atoms with van der Waals surface area (Å²) in [5, 5.41) is 0.794. The molecule has 2 aromatic carbocycles. The largest absolute Gasteiger partial charge is 0.393 e. The van der Waals surface area contributed by atoms with Gasteiger partial charge in [0, 0.05) is 30.7 Å². The van der Waals surface area contributed by atoms with Gasteiger partial charge in [-0.3, -0.25) is 9.62 Å². The van der Waals surface area contributed by atoms with Crippen LogP contribution < -0.4 is 9.62 Å². The van der Waals surface area contributed by atoms with Crippen LogP contribution in [0.25, 0.3) is 10.9 Å². The predicted octanol–water partition coefficient (Wildman–Crippen LogP) is 5.38. The summed E-state index contributed by atoms with van der Waals surface area (Å²) in [4.78, 5) is 13.4. The molecule has 1 spiro atoms. The van der Waals surface area contributed by atoms with Crippen LogP contribution in [-0.4, -0.2) is 61.4 Å². The van der Waals surface area contributed by atoms with E-state index in [2.05, 4.69) is 24.5 Å². The number of rotatable bonds is 7. The van der Waals surface area contributed by atoms with E-state index in [4.69, 9.17) is 0 Å². The molecule has 1 N–H and O–H groups in total. The molecule has 0 radical (unpaired) electrons. The minimum absolute atomic E-state index is 0.0455. The van der Waals surface area contributed by atoms with Gasteiger partial charge in [-0.2, -0.15) is 13.2 Å². The molecular weight excluding hydrogens is 527 g/mol. The van der Waals surface area contributed by atoms with Gasteiger partial charge in [0.15, 0.2) is 0 Å². The SMILES string of the molecule is CCS(=O)(=O)Nc1ccc(CN2CCC3(CC2)CCN(c2ncnc4cc(CC(F)(F)F)ccc24)CC3)cc1. The Balaban J connectivity index is 1.16. The second-order valence-corrected chi connectivity index (χ2v) is 12.8. The highest BCUT2D eigenvalue weighted by molar-refractivity contribution is 7.92. The first kappa shape index (κ1) is 27.6. The van der Waals surface area contributed by atoms with Crippen LogP contribution in [0.1, 0.15) is 43.7 Å². The highest BCUT2D eigenvalue weighted by Crippen LogP contribution is 2.43. The number of hydrogen-bond donors (Lipinski definition) is 1. The number of benzene rings is 2. The summed E-state index contributed by atoms with van der Waals surface area (Å²) in [6.07, 6.45) is 0.610. The van der Waals surface area contributed by atoms with Crippen molar-refractivity contribution in [3.05, 3.63) is 59.9 Å². The second-order valence-electron chi connectivity index (χ2n) is 10.8. The molecule has 2 aliphatic heterocycles. The van der Waals surface area contributed by atoms with Crippen molar-refractivity contribution in [2.45, 2.75) is 51.7 Å². The Morgan fingerprint density at radius 1 is 0.923 bits per heavy atom. The number of hydrogen-bond acceptors (Lipinski definition) is 6. The molecule has 2 aliphatic rings. The van der Waals surface area contributed by atoms with E-state index >= 15 is 0 Å². The van der Waals surface area contributed by atoms with Gasteiger partial charge in [0.25, 0.3) is 0 Å². The normalized spacial score (nSPS) is 18.5. The fraction of sp³-hybridized carbons (Fsp3) is 0.500. The Kier molecular flexibility index (Phi) is 7.74. The monoisotopic (exact) mass is 561 g/mol. The molecule has 0 bridgehead atoms. The molecule has 0 saturated carbocycles. The molecule has 2 saturated heterocycles. The smallest absolute Gasteiger partial charge is 0.356 e. The number of piperidine rings is 2. The number of nitrogens with one attached hydrogen (secondary N) is 1. The van der Waals surface area contributed by atoms with Crippen molar-refractivity contribution in [1.82, 2.24) is 14.9 Å². The van der Waals surface area contributed by atoms with Crippen molar-refractivity contribution in [3.8, 4) is 0 Å². The summed E-state index contributed by atoms with van der Waals surface area (Å²) in [7, 11) is -3.28. The van der Waals surface area contributed by atoms with E-state index in [9.17, 15) is 21.6 Å². The van der Waals surface area contributed by atoms with E-state index in [1.165, 1.54) is 18.5 Å². The van der Waals surface area contributed by atoms with Gasteiger partial charge < -0.3 is 4.90 Å². The van der Waals surface area contributed by atoms with Crippen molar-refractivity contribution in [3.63, 3.8) is 0 Å². The van der Waals surface area contributed by atoms with Gasteiger partial charge in [0.2, 0.25) is 10.0 Å². The molecule has 11 heteroatoms.